The van der Waals surface area contributed by atoms with Crippen LogP contribution in [0.4, 0.5) is 39.1 Å². The van der Waals surface area contributed by atoms with Crippen molar-refractivity contribution in [3.8, 4) is 28.3 Å². The van der Waals surface area contributed by atoms with E-state index in [0.717, 1.165) is 21.9 Å². The predicted molar refractivity (Wildman–Crippen MR) is 161 cm³/mol. The van der Waals surface area contributed by atoms with Gasteiger partial charge in [-0.3, -0.25) is 4.57 Å². The van der Waals surface area contributed by atoms with Crippen LogP contribution >= 0.6 is 0 Å². The third kappa shape index (κ3) is 4.22. The van der Waals surface area contributed by atoms with Gasteiger partial charge in [0.25, 0.3) is 0 Å². The largest absolute Gasteiger partial charge is 0.393 e. The standard InChI is InChI=1S/C34H20F5N5/c35-26-25(27(36)29(38)30(39)28(26)37)32-42-33(41-22-15-7-4-12-19(22)18-10-2-1-3-11-18)31(40)34(43-32)44-23-16-8-5-13-20(23)21-14-6-9-17-24(21)44/h1-17H,40H2,(H,41,42,43). The fourth-order valence-corrected chi connectivity index (χ4v) is 5.38. The van der Waals surface area contributed by atoms with Crippen molar-refractivity contribution in [3.05, 3.63) is 132 Å². The van der Waals surface area contributed by atoms with E-state index in [1.54, 1.807) is 28.8 Å². The number of benzene rings is 5. The van der Waals surface area contributed by atoms with Crippen LogP contribution in [0.2, 0.25) is 0 Å². The van der Waals surface area contributed by atoms with Gasteiger partial charge in [-0.25, -0.2) is 31.9 Å². The van der Waals surface area contributed by atoms with Crippen molar-refractivity contribution >= 4 is 39.0 Å². The molecule has 0 atom stereocenters. The van der Waals surface area contributed by atoms with E-state index >= 15 is 8.78 Å². The fourth-order valence-electron chi connectivity index (χ4n) is 5.38. The van der Waals surface area contributed by atoms with Gasteiger partial charge in [-0.1, -0.05) is 84.9 Å². The highest BCUT2D eigenvalue weighted by Crippen LogP contribution is 2.39. The molecule has 0 saturated heterocycles. The summed E-state index contributed by atoms with van der Waals surface area (Å²) in [5, 5.41) is 4.80. The normalized spacial score (nSPS) is 11.4. The second-order valence-corrected chi connectivity index (χ2v) is 9.98. The van der Waals surface area contributed by atoms with Crippen LogP contribution in [0.5, 0.6) is 0 Å². The minimum atomic E-state index is -2.28. The highest BCUT2D eigenvalue weighted by molar-refractivity contribution is 6.09. The molecule has 3 N–H and O–H groups in total. The third-order valence-corrected chi connectivity index (χ3v) is 7.42. The SMILES string of the molecule is Nc1c(Nc2ccccc2-c2ccccc2)nc(-c2c(F)c(F)c(F)c(F)c2F)nc1-n1c2ccccc2c2ccccc21. The van der Waals surface area contributed by atoms with E-state index in [-0.39, 0.29) is 17.3 Å². The summed E-state index contributed by atoms with van der Waals surface area (Å²) in [7, 11) is 0. The number of rotatable bonds is 5. The zero-order valence-corrected chi connectivity index (χ0v) is 22.6. The van der Waals surface area contributed by atoms with Gasteiger partial charge in [0.2, 0.25) is 5.82 Å². The molecule has 216 valence electrons. The maximum atomic E-state index is 15.2. The molecule has 0 aliphatic heterocycles. The Labute approximate surface area is 247 Å². The van der Waals surface area contributed by atoms with Gasteiger partial charge in [-0.2, -0.15) is 0 Å². The highest BCUT2D eigenvalue weighted by atomic mass is 19.2. The molecule has 0 spiro atoms. The van der Waals surface area contributed by atoms with Crippen molar-refractivity contribution in [2.24, 2.45) is 0 Å². The van der Waals surface area contributed by atoms with E-state index in [1.807, 2.05) is 78.9 Å². The van der Waals surface area contributed by atoms with E-state index < -0.39 is 40.5 Å². The van der Waals surface area contributed by atoms with E-state index in [0.29, 0.717) is 16.7 Å². The van der Waals surface area contributed by atoms with Crippen molar-refractivity contribution in [3.63, 3.8) is 0 Å². The molecule has 2 aromatic heterocycles. The van der Waals surface area contributed by atoms with Gasteiger partial charge in [-0.15, -0.1) is 0 Å². The van der Waals surface area contributed by atoms with Gasteiger partial charge >= 0.3 is 0 Å². The van der Waals surface area contributed by atoms with Crippen molar-refractivity contribution in [2.75, 3.05) is 11.1 Å². The Morgan fingerprint density at radius 1 is 0.568 bits per heavy atom. The number of nitrogens with zero attached hydrogens (tertiary/aromatic N) is 3. The molecule has 5 nitrogen and oxygen atoms in total. The minimum absolute atomic E-state index is 0.0176. The van der Waals surface area contributed by atoms with E-state index in [1.165, 1.54) is 0 Å². The van der Waals surface area contributed by atoms with Crippen molar-refractivity contribution in [1.82, 2.24) is 14.5 Å². The van der Waals surface area contributed by atoms with Gasteiger partial charge in [0.05, 0.1) is 16.6 Å². The molecule has 0 saturated carbocycles. The maximum Gasteiger partial charge on any atom is 0.200 e. The van der Waals surface area contributed by atoms with Crippen LogP contribution in [0.25, 0.3) is 50.1 Å². The lowest BCUT2D eigenvalue weighted by Crippen LogP contribution is -2.12. The van der Waals surface area contributed by atoms with Gasteiger partial charge in [-0.05, 0) is 23.8 Å². The van der Waals surface area contributed by atoms with Crippen molar-refractivity contribution in [2.45, 2.75) is 0 Å². The number of para-hydroxylation sites is 3. The van der Waals surface area contributed by atoms with Gasteiger partial charge in [0.1, 0.15) is 5.69 Å². The molecular formula is C34H20F5N5. The molecular weight excluding hydrogens is 573 g/mol. The monoisotopic (exact) mass is 593 g/mol. The Bertz CT molecular complexity index is 2150. The van der Waals surface area contributed by atoms with Crippen molar-refractivity contribution in [1.29, 1.82) is 0 Å². The van der Waals surface area contributed by atoms with Gasteiger partial charge in [0, 0.05) is 22.0 Å². The maximum absolute atomic E-state index is 15.2. The van der Waals surface area contributed by atoms with Crippen LogP contribution in [-0.4, -0.2) is 14.5 Å². The molecule has 5 aromatic carbocycles. The summed E-state index contributed by atoms with van der Waals surface area (Å²) in [6, 6.07) is 31.3. The summed E-state index contributed by atoms with van der Waals surface area (Å²) in [5.74, 6) is -11.5. The number of nitrogens with two attached hydrogens (primary N) is 1. The average Bonchev–Trinajstić information content (AvgIpc) is 3.39. The first-order chi connectivity index (χ1) is 21.3. The zero-order chi connectivity index (χ0) is 30.5. The molecule has 0 radical (unpaired) electrons. The summed E-state index contributed by atoms with van der Waals surface area (Å²) in [4.78, 5) is 8.59. The summed E-state index contributed by atoms with van der Waals surface area (Å²) >= 11 is 0. The third-order valence-electron chi connectivity index (χ3n) is 7.42. The highest BCUT2D eigenvalue weighted by Gasteiger charge is 2.30. The number of hydrogen-bond acceptors (Lipinski definition) is 4. The van der Waals surface area contributed by atoms with E-state index in [9.17, 15) is 13.2 Å². The number of nitrogens with one attached hydrogen (secondary N) is 1. The van der Waals surface area contributed by atoms with E-state index in [4.69, 9.17) is 5.73 Å². The number of halogens is 5. The van der Waals surface area contributed by atoms with Gasteiger partial charge in [0.15, 0.2) is 40.7 Å². The molecule has 7 aromatic rings. The first-order valence-electron chi connectivity index (χ1n) is 13.4. The lowest BCUT2D eigenvalue weighted by atomic mass is 10.0. The molecule has 0 aliphatic rings. The van der Waals surface area contributed by atoms with Crippen LogP contribution < -0.4 is 11.1 Å². The first kappa shape index (κ1) is 27.1. The molecule has 44 heavy (non-hydrogen) atoms. The van der Waals surface area contributed by atoms with Crippen LogP contribution in [0.3, 0.4) is 0 Å². The number of nitrogen functional groups attached to an aromatic ring is 1. The van der Waals surface area contributed by atoms with Gasteiger partial charge < -0.3 is 11.1 Å². The lowest BCUT2D eigenvalue weighted by molar-refractivity contribution is 0.381. The second-order valence-electron chi connectivity index (χ2n) is 9.98. The molecule has 2 heterocycles. The Morgan fingerprint density at radius 3 is 1.73 bits per heavy atom. The molecule has 0 amide bonds. The Hall–Kier alpha value is -5.77. The molecule has 10 heteroatoms. The quantitative estimate of drug-likeness (QED) is 0.119. The number of anilines is 3. The first-order valence-corrected chi connectivity index (χ1v) is 13.4. The van der Waals surface area contributed by atoms with E-state index in [2.05, 4.69) is 15.3 Å². The predicted octanol–water partition coefficient (Wildman–Crippen LogP) is 8.93. The molecule has 7 rings (SSSR count). The smallest absolute Gasteiger partial charge is 0.200 e. The Morgan fingerprint density at radius 2 is 1.09 bits per heavy atom. The molecule has 0 unspecified atom stereocenters. The summed E-state index contributed by atoms with van der Waals surface area (Å²) in [6.07, 6.45) is 0. The van der Waals surface area contributed by atoms with Crippen LogP contribution in [0.15, 0.2) is 103 Å². The number of hydrogen-bond donors (Lipinski definition) is 2. The topological polar surface area (TPSA) is 68.8 Å². The Kier molecular flexibility index (Phi) is 6.46. The molecule has 0 fully saturated rings. The molecule has 0 bridgehead atoms. The van der Waals surface area contributed by atoms with Crippen molar-refractivity contribution < 1.29 is 22.0 Å². The van der Waals surface area contributed by atoms with Crippen LogP contribution in [0.1, 0.15) is 0 Å². The number of aromatic nitrogens is 3. The minimum Gasteiger partial charge on any atom is -0.393 e. The second kappa shape index (κ2) is 10.5. The lowest BCUT2D eigenvalue weighted by Gasteiger charge is -2.18. The number of fused-ring (bicyclic) bond motifs is 3. The fraction of sp³-hybridized carbons (Fsp3) is 0. The average molecular weight is 594 g/mol. The summed E-state index contributed by atoms with van der Waals surface area (Å²) in [6.45, 7) is 0. The van der Waals surface area contributed by atoms with Crippen LogP contribution in [-0.2, 0) is 0 Å². The zero-order valence-electron chi connectivity index (χ0n) is 22.6. The Balaban J connectivity index is 1.54. The van der Waals surface area contributed by atoms with Crippen LogP contribution in [0, 0.1) is 29.1 Å². The summed E-state index contributed by atoms with van der Waals surface area (Å²) < 4.78 is 74.7. The molecule has 0 aliphatic carbocycles. The summed E-state index contributed by atoms with van der Waals surface area (Å²) in [5.41, 5.74) is 8.83.